The number of hydrogen-bond acceptors (Lipinski definition) is 9. The number of hydrogen-bond donors (Lipinski definition) is 2. The van der Waals surface area contributed by atoms with Gasteiger partial charge in [-0.1, -0.05) is 85.8 Å². The van der Waals surface area contributed by atoms with Crippen LogP contribution in [-0.4, -0.2) is 96.6 Å². The van der Waals surface area contributed by atoms with E-state index in [2.05, 4.69) is 15.6 Å². The fraction of sp³-hybridized carbons (Fsp3) is 0.459. The minimum atomic E-state index is -1.48. The van der Waals surface area contributed by atoms with E-state index in [4.69, 9.17) is 9.47 Å². The standard InChI is InChI=1S/C37H42N6O7/c1-22(2)27(20-44)43-33-35(47)41(21-42-26-15-10-9-14-25(26)39-40-42)19-11-5-8-16-29(45)38-23(3)32(24-12-6-4-7-13-24)49-36(48)30-28-17-18-37(33,50-28)31(30)34(43)46/h4-7,9-15,17-18,22-23,27-28,30-33,44H,8,16,19-21H2,1-3H3,(H,38,45)/b11-5-/t23-,27-,28+,30-,31-,32+,33+,37-/m0/s1. The lowest BCUT2D eigenvalue weighted by Crippen LogP contribution is -2.59. The lowest BCUT2D eigenvalue weighted by molar-refractivity contribution is -0.162. The van der Waals surface area contributed by atoms with Crippen LogP contribution < -0.4 is 5.32 Å². The molecule has 4 aliphatic heterocycles. The summed E-state index contributed by atoms with van der Waals surface area (Å²) < 4.78 is 14.4. The number of amides is 3. The second kappa shape index (κ2) is 13.4. The van der Waals surface area contributed by atoms with Crippen molar-refractivity contribution in [1.29, 1.82) is 0 Å². The van der Waals surface area contributed by atoms with Crippen LogP contribution in [0.15, 0.2) is 78.9 Å². The molecule has 50 heavy (non-hydrogen) atoms. The maximum absolute atomic E-state index is 15.1. The van der Waals surface area contributed by atoms with E-state index in [1.807, 2.05) is 80.6 Å². The number of carbonyl (C=O) groups is 4. The first kappa shape index (κ1) is 33.6. The Balaban J connectivity index is 1.33. The van der Waals surface area contributed by atoms with Gasteiger partial charge >= 0.3 is 5.97 Å². The van der Waals surface area contributed by atoms with E-state index in [1.54, 1.807) is 28.7 Å². The van der Waals surface area contributed by atoms with E-state index in [9.17, 15) is 19.5 Å². The monoisotopic (exact) mass is 682 g/mol. The van der Waals surface area contributed by atoms with Crippen molar-refractivity contribution < 1.29 is 33.8 Å². The number of cyclic esters (lactones) is 1. The smallest absolute Gasteiger partial charge is 0.313 e. The molecule has 0 saturated carbocycles. The van der Waals surface area contributed by atoms with Gasteiger partial charge in [0.15, 0.2) is 0 Å². The number of aliphatic hydroxyl groups is 1. The van der Waals surface area contributed by atoms with Crippen LogP contribution in [-0.2, 0) is 35.3 Å². The van der Waals surface area contributed by atoms with Gasteiger partial charge in [-0.25, -0.2) is 4.68 Å². The molecular weight excluding hydrogens is 640 g/mol. The first-order valence-corrected chi connectivity index (χ1v) is 17.2. The van der Waals surface area contributed by atoms with E-state index < -0.39 is 65.6 Å². The maximum atomic E-state index is 15.1. The number of ether oxygens (including phenoxy) is 2. The summed E-state index contributed by atoms with van der Waals surface area (Å²) in [5.74, 6) is -4.12. The molecule has 2 N–H and O–H groups in total. The number of rotatable bonds is 6. The van der Waals surface area contributed by atoms with Crippen LogP contribution in [0.1, 0.15) is 45.3 Å². The zero-order valence-electron chi connectivity index (χ0n) is 28.3. The van der Waals surface area contributed by atoms with Gasteiger partial charge in [-0.05, 0) is 37.0 Å². The minimum absolute atomic E-state index is 0.00377. The largest absolute Gasteiger partial charge is 0.455 e. The molecule has 2 fully saturated rings. The average molecular weight is 683 g/mol. The Morgan fingerprint density at radius 3 is 2.54 bits per heavy atom. The zero-order valence-corrected chi connectivity index (χ0v) is 28.3. The van der Waals surface area contributed by atoms with Gasteiger partial charge in [-0.15, -0.1) is 5.10 Å². The summed E-state index contributed by atoms with van der Waals surface area (Å²) in [6, 6.07) is 14.0. The molecule has 2 aromatic carbocycles. The minimum Gasteiger partial charge on any atom is -0.455 e. The Labute approximate surface area is 289 Å². The highest BCUT2D eigenvalue weighted by Gasteiger charge is 2.74. The third-order valence-corrected chi connectivity index (χ3v) is 10.4. The molecule has 262 valence electrons. The summed E-state index contributed by atoms with van der Waals surface area (Å²) in [4.78, 5) is 60.1. The molecule has 1 spiro atoms. The number of esters is 1. The van der Waals surface area contributed by atoms with Gasteiger partial charge in [0.25, 0.3) is 5.91 Å². The summed E-state index contributed by atoms with van der Waals surface area (Å²) in [5, 5.41) is 22.2. The predicted octanol–water partition coefficient (Wildman–Crippen LogP) is 2.52. The Morgan fingerprint density at radius 1 is 1.02 bits per heavy atom. The number of aliphatic hydroxyl groups excluding tert-OH is 1. The van der Waals surface area contributed by atoms with Crippen LogP contribution in [0, 0.1) is 17.8 Å². The number of carbonyl (C=O) groups excluding carboxylic acids is 4. The van der Waals surface area contributed by atoms with Crippen LogP contribution in [0.5, 0.6) is 0 Å². The lowest BCUT2D eigenvalue weighted by atomic mass is 9.74. The Kier molecular flexibility index (Phi) is 9.04. The van der Waals surface area contributed by atoms with E-state index in [0.29, 0.717) is 17.5 Å². The number of fused-ring (bicyclic) bond motifs is 3. The Hall–Kier alpha value is -4.88. The van der Waals surface area contributed by atoms with Gasteiger partial charge in [0.1, 0.15) is 35.9 Å². The van der Waals surface area contributed by atoms with Crippen molar-refractivity contribution in [3.8, 4) is 0 Å². The van der Waals surface area contributed by atoms with E-state index >= 15 is 4.79 Å². The number of allylic oxidation sites excluding steroid dienone is 1. The molecule has 8 atom stereocenters. The summed E-state index contributed by atoms with van der Waals surface area (Å²) in [7, 11) is 0. The van der Waals surface area contributed by atoms with Crippen LogP contribution >= 0.6 is 0 Å². The van der Waals surface area contributed by atoms with Crippen LogP contribution in [0.4, 0.5) is 0 Å². The van der Waals surface area contributed by atoms with E-state index in [0.717, 1.165) is 5.52 Å². The van der Waals surface area contributed by atoms with Crippen molar-refractivity contribution in [1.82, 2.24) is 30.1 Å². The third-order valence-electron chi connectivity index (χ3n) is 10.4. The van der Waals surface area contributed by atoms with Gasteiger partial charge in [0.2, 0.25) is 11.8 Å². The first-order valence-electron chi connectivity index (χ1n) is 17.2. The lowest BCUT2D eigenvalue weighted by Gasteiger charge is -2.39. The second-order valence-electron chi connectivity index (χ2n) is 13.9. The Bertz CT molecular complexity index is 1840. The van der Waals surface area contributed by atoms with Crippen molar-refractivity contribution in [3.63, 3.8) is 0 Å². The summed E-state index contributed by atoms with van der Waals surface area (Å²) >= 11 is 0. The van der Waals surface area contributed by atoms with Gasteiger partial charge in [0, 0.05) is 13.0 Å². The number of nitrogens with zero attached hydrogens (tertiary/aromatic N) is 5. The van der Waals surface area contributed by atoms with Crippen molar-refractivity contribution in [3.05, 3.63) is 84.5 Å². The number of nitrogens with one attached hydrogen (secondary N) is 1. The fourth-order valence-electron chi connectivity index (χ4n) is 7.95. The highest BCUT2D eigenvalue weighted by Crippen LogP contribution is 2.56. The zero-order chi connectivity index (χ0) is 35.2. The topological polar surface area (TPSA) is 156 Å². The molecule has 0 aliphatic carbocycles. The van der Waals surface area contributed by atoms with Crippen molar-refractivity contribution in [2.45, 2.75) is 76.2 Å². The molecule has 0 unspecified atom stereocenters. The second-order valence-corrected chi connectivity index (χ2v) is 13.9. The van der Waals surface area contributed by atoms with Crippen molar-refractivity contribution in [2.75, 3.05) is 13.2 Å². The Morgan fingerprint density at radius 2 is 1.78 bits per heavy atom. The van der Waals surface area contributed by atoms with Gasteiger partial charge in [0.05, 0.1) is 36.2 Å². The molecule has 5 bridgehead atoms. The molecule has 5 heterocycles. The number of aromatic nitrogens is 3. The molecule has 7 rings (SSSR count). The molecule has 2 saturated heterocycles. The van der Waals surface area contributed by atoms with E-state index in [-0.39, 0.29) is 38.1 Å². The average Bonchev–Trinajstić information content (AvgIpc) is 3.86. The maximum Gasteiger partial charge on any atom is 0.313 e. The van der Waals surface area contributed by atoms with Crippen LogP contribution in [0.25, 0.3) is 11.0 Å². The molecule has 3 amide bonds. The highest BCUT2D eigenvalue weighted by atomic mass is 16.6. The molecule has 0 radical (unpaired) electrons. The molecular formula is C37H42N6O7. The summed E-state index contributed by atoms with van der Waals surface area (Å²) in [5.41, 5.74) is 0.587. The number of benzene rings is 2. The summed E-state index contributed by atoms with van der Waals surface area (Å²) in [6.45, 7) is 5.28. The molecule has 13 nitrogen and oxygen atoms in total. The SMILES string of the molecule is CC(C)[C@H](CO)N1C(=O)[C@@H]2[C@H]3C(=O)O[C@@H](c4ccccc4)[C@H](C)NC(=O)CC/C=C\CN(Cn4nnc5ccccc54)C(=O)[C@@H]1[C@]21C=C[C@H]3O1. The van der Waals surface area contributed by atoms with Gasteiger partial charge in [-0.2, -0.15) is 0 Å². The number of para-hydroxylation sites is 1. The van der Waals surface area contributed by atoms with Crippen LogP contribution in [0.3, 0.4) is 0 Å². The quantitative estimate of drug-likeness (QED) is 0.295. The molecule has 1 aromatic heterocycles. The molecule has 3 aromatic rings. The van der Waals surface area contributed by atoms with Gasteiger partial charge < -0.3 is 29.7 Å². The van der Waals surface area contributed by atoms with Crippen LogP contribution in [0.2, 0.25) is 0 Å². The summed E-state index contributed by atoms with van der Waals surface area (Å²) in [6.07, 6.45) is 6.06. The number of likely N-dealkylation sites (tertiary alicyclic amines) is 1. The van der Waals surface area contributed by atoms with Crippen molar-refractivity contribution in [2.24, 2.45) is 17.8 Å². The molecule has 13 heteroatoms. The first-order chi connectivity index (χ1) is 24.1. The van der Waals surface area contributed by atoms with Gasteiger partial charge in [-0.3, -0.25) is 19.2 Å². The molecule has 4 aliphatic rings. The fourth-order valence-corrected chi connectivity index (χ4v) is 7.95. The normalized spacial score (nSPS) is 31.3. The highest BCUT2D eigenvalue weighted by molar-refractivity contribution is 5.99. The van der Waals surface area contributed by atoms with E-state index in [1.165, 1.54) is 4.90 Å². The van der Waals surface area contributed by atoms with Crippen molar-refractivity contribution >= 4 is 34.7 Å². The third kappa shape index (κ3) is 5.67. The predicted molar refractivity (Wildman–Crippen MR) is 181 cm³/mol.